The van der Waals surface area contributed by atoms with Crippen molar-refractivity contribution in [3.63, 3.8) is 0 Å². The Morgan fingerprint density at radius 3 is 0.710 bits per heavy atom. The summed E-state index contributed by atoms with van der Waals surface area (Å²) < 4.78 is 18.8. The van der Waals surface area contributed by atoms with Gasteiger partial charge < -0.3 is 13.3 Å². The number of aromatic nitrogens is 7. The molecule has 0 atom stereocenters. The summed E-state index contributed by atoms with van der Waals surface area (Å²) in [5, 5.41) is 7.20. The molecule has 10 nitrogen and oxygen atoms in total. The second-order valence-corrected chi connectivity index (χ2v) is 37.7. The molecule has 27 rings (SSSR count). The van der Waals surface area contributed by atoms with Gasteiger partial charge in [0.1, 0.15) is 33.5 Å². The van der Waals surface area contributed by atoms with Crippen LogP contribution in [-0.4, -0.2) is 34.9 Å². The molecule has 24 aromatic rings. The molecule has 6 heterocycles. The van der Waals surface area contributed by atoms with E-state index in [4.69, 9.17) is 48.1 Å². The standard InChI is InChI=1S/2C43H30N2O.C42H29N3O/c1-43(2)35-22-20-30(25-34(35)32-21-23-39-40(41(32)43)33-18-9-10-19-38(33)46-39)29-16-11-17-31(24-29)37-26-36(27-12-5-3-6-13-27)44-42(45-37)28-14-7-4-8-15-28;1-43(2)35-22-20-30(25-34(35)32-21-23-39-40(41(32)43)33-18-9-10-19-38(33)46-39)29-16-11-17-31(24-29)42-44-36(27-12-5-3-6-13-27)26-37(45-42)28-14-7-4-8-15-28;1-42(2)34-22-20-29(25-33(34)31-21-23-36-37(38(31)42)32-18-9-10-19-35(32)46-36)28-16-11-17-30(24-28)41-44-39(26-12-5-3-6-13-26)43-40(45-41)27-14-7-4-8-15-27/h2*3-26H,1-2H3;3-25H,1-2H3. The summed E-state index contributed by atoms with van der Waals surface area (Å²) in [6.07, 6.45) is 0. The van der Waals surface area contributed by atoms with Gasteiger partial charge in [-0.3, -0.25) is 0 Å². The Balaban J connectivity index is 0.000000110. The summed E-state index contributed by atoms with van der Waals surface area (Å²) in [5.74, 6) is 3.39. The average Bonchev–Trinajstić information content (AvgIpc) is 1.55. The minimum absolute atomic E-state index is 0.153. The van der Waals surface area contributed by atoms with Crippen LogP contribution in [0.25, 0.3) is 235 Å². The first kappa shape index (κ1) is 82.4. The molecule has 138 heavy (non-hydrogen) atoms. The van der Waals surface area contributed by atoms with E-state index in [0.717, 1.165) is 134 Å². The van der Waals surface area contributed by atoms with Crippen LogP contribution >= 0.6 is 0 Å². The molecule has 0 spiro atoms. The number of nitrogens with zero attached hydrogens (tertiary/aromatic N) is 7. The maximum atomic E-state index is 6.28. The van der Waals surface area contributed by atoms with Crippen LogP contribution in [0.5, 0.6) is 0 Å². The lowest BCUT2D eigenvalue weighted by Crippen LogP contribution is -2.15. The summed E-state index contributed by atoms with van der Waals surface area (Å²) in [4.78, 5) is 35.0. The first-order valence-corrected chi connectivity index (χ1v) is 47.1. The Labute approximate surface area is 799 Å². The topological polar surface area (TPSA) is 130 Å². The van der Waals surface area contributed by atoms with Gasteiger partial charge in [0.05, 0.1) is 22.8 Å². The van der Waals surface area contributed by atoms with Crippen LogP contribution in [-0.2, 0) is 16.2 Å². The zero-order valence-electron chi connectivity index (χ0n) is 76.8. The summed E-state index contributed by atoms with van der Waals surface area (Å²) in [6.45, 7) is 14.0. The molecule has 0 saturated carbocycles. The van der Waals surface area contributed by atoms with Crippen LogP contribution in [0.4, 0.5) is 0 Å². The fourth-order valence-electron chi connectivity index (χ4n) is 21.6. The van der Waals surface area contributed by atoms with Gasteiger partial charge in [0, 0.05) is 98.6 Å². The molecule has 0 aliphatic heterocycles. The quantitative estimate of drug-likeness (QED) is 0.117. The minimum Gasteiger partial charge on any atom is -0.456 e. The number of fused-ring (bicyclic) bond motifs is 21. The lowest BCUT2D eigenvalue weighted by Gasteiger charge is -2.22. The van der Waals surface area contributed by atoms with Gasteiger partial charge in [-0.05, 0) is 185 Å². The van der Waals surface area contributed by atoms with Crippen molar-refractivity contribution < 1.29 is 13.3 Å². The molecule has 0 saturated heterocycles. The van der Waals surface area contributed by atoms with Crippen molar-refractivity contribution in [2.45, 2.75) is 57.8 Å². The lowest BCUT2D eigenvalue weighted by molar-refractivity contribution is 0.657. The van der Waals surface area contributed by atoms with E-state index >= 15 is 0 Å². The fraction of sp³-hybridized carbons (Fsp3) is 0.0703. The third kappa shape index (κ3) is 14.2. The number of hydrogen-bond acceptors (Lipinski definition) is 10. The minimum atomic E-state index is -0.163. The van der Waals surface area contributed by atoms with Gasteiger partial charge in [0.25, 0.3) is 0 Å². The van der Waals surface area contributed by atoms with E-state index in [-0.39, 0.29) is 16.2 Å². The average molecular weight is 1770 g/mol. The highest BCUT2D eigenvalue weighted by atomic mass is 16.3. The third-order valence-electron chi connectivity index (χ3n) is 28.2. The van der Waals surface area contributed by atoms with Crippen LogP contribution in [0.3, 0.4) is 0 Å². The summed E-state index contributed by atoms with van der Waals surface area (Å²) in [5.41, 5.74) is 40.5. The molecule has 18 aromatic carbocycles. The molecule has 0 bridgehead atoms. The molecule has 654 valence electrons. The van der Waals surface area contributed by atoms with Crippen molar-refractivity contribution in [3.05, 3.63) is 464 Å². The summed E-state index contributed by atoms with van der Waals surface area (Å²) >= 11 is 0. The van der Waals surface area contributed by atoms with Gasteiger partial charge in [-0.25, -0.2) is 34.9 Å². The fourth-order valence-corrected chi connectivity index (χ4v) is 21.6. The van der Waals surface area contributed by atoms with Crippen LogP contribution in [0.1, 0.15) is 74.9 Å². The van der Waals surface area contributed by atoms with Gasteiger partial charge in [0.2, 0.25) is 0 Å². The monoisotopic (exact) mass is 1770 g/mol. The van der Waals surface area contributed by atoms with Gasteiger partial charge in [0.15, 0.2) is 29.1 Å². The van der Waals surface area contributed by atoms with Crippen LogP contribution in [0, 0.1) is 0 Å². The van der Waals surface area contributed by atoms with E-state index in [0.29, 0.717) is 23.3 Å². The van der Waals surface area contributed by atoms with E-state index in [9.17, 15) is 0 Å². The molecule has 0 amide bonds. The number of rotatable bonds is 12. The maximum Gasteiger partial charge on any atom is 0.164 e. The van der Waals surface area contributed by atoms with Crippen LogP contribution < -0.4 is 0 Å². The van der Waals surface area contributed by atoms with Crippen molar-refractivity contribution >= 4 is 65.8 Å². The van der Waals surface area contributed by atoms with Crippen molar-refractivity contribution in [1.29, 1.82) is 0 Å². The highest BCUT2D eigenvalue weighted by molar-refractivity contribution is 6.14. The Kier molecular flexibility index (Phi) is 19.7. The molecule has 6 aromatic heterocycles. The van der Waals surface area contributed by atoms with E-state index in [1.807, 2.05) is 152 Å². The van der Waals surface area contributed by atoms with Crippen molar-refractivity contribution in [2.24, 2.45) is 0 Å². The number of benzene rings is 18. The largest absolute Gasteiger partial charge is 0.456 e. The van der Waals surface area contributed by atoms with Crippen molar-refractivity contribution in [2.75, 3.05) is 0 Å². The molecule has 3 aliphatic carbocycles. The normalized spacial score (nSPS) is 13.2. The lowest BCUT2D eigenvalue weighted by atomic mass is 9.80. The third-order valence-corrected chi connectivity index (χ3v) is 28.2. The van der Waals surface area contributed by atoms with Gasteiger partial charge in [-0.2, -0.15) is 0 Å². The number of furan rings is 3. The molecule has 0 radical (unpaired) electrons. The second-order valence-electron chi connectivity index (χ2n) is 37.7. The first-order chi connectivity index (χ1) is 67.6. The van der Waals surface area contributed by atoms with Crippen LogP contribution in [0.15, 0.2) is 444 Å². The van der Waals surface area contributed by atoms with Crippen molar-refractivity contribution in [3.8, 4) is 169 Å². The van der Waals surface area contributed by atoms with Crippen molar-refractivity contribution in [1.82, 2.24) is 34.9 Å². The SMILES string of the molecule is CC1(C)c2ccc(-c3cccc(-c4cc(-c5ccccc5)nc(-c5ccccc5)n4)c3)cc2-c2ccc3oc4ccccc4c3c21.CC1(C)c2ccc(-c3cccc(-c4nc(-c5ccccc5)cc(-c5ccccc5)n4)c3)cc2-c2ccc3oc4ccccc4c3c21.CC1(C)c2ccc(-c3cccc(-c4nc(-c5ccccc5)nc(-c5ccccc5)n4)c3)cc2-c2ccc3oc4ccccc4c3c21. The van der Waals surface area contributed by atoms with Crippen LogP contribution in [0.2, 0.25) is 0 Å². The van der Waals surface area contributed by atoms with E-state index in [1.54, 1.807) is 0 Å². The molecular formula is C128H89N7O3. The predicted molar refractivity (Wildman–Crippen MR) is 564 cm³/mol. The molecule has 3 aliphatic rings. The molecule has 0 unspecified atom stereocenters. The Morgan fingerprint density at radius 1 is 0.159 bits per heavy atom. The first-order valence-electron chi connectivity index (χ1n) is 47.1. The van der Waals surface area contributed by atoms with E-state index in [1.165, 1.54) is 110 Å². The number of para-hydroxylation sites is 3. The highest BCUT2D eigenvalue weighted by Gasteiger charge is 2.42. The predicted octanol–water partition coefficient (Wildman–Crippen LogP) is 33.4. The zero-order chi connectivity index (χ0) is 92.5. The number of hydrogen-bond donors (Lipinski definition) is 0. The summed E-state index contributed by atoms with van der Waals surface area (Å²) in [6, 6.07) is 150. The molecule has 0 fully saturated rings. The van der Waals surface area contributed by atoms with Gasteiger partial charge in [-0.1, -0.05) is 387 Å². The second kappa shape index (κ2) is 33.0. The Morgan fingerprint density at radius 2 is 0.391 bits per heavy atom. The Bertz CT molecular complexity index is 7970. The molecule has 0 N–H and O–H groups in total. The molecular weight excluding hydrogens is 1680 g/mol. The smallest absolute Gasteiger partial charge is 0.164 e. The van der Waals surface area contributed by atoms with E-state index < -0.39 is 0 Å². The maximum absolute atomic E-state index is 6.28. The molecule has 10 heteroatoms. The highest BCUT2D eigenvalue weighted by Crippen LogP contribution is 2.58. The Hall–Kier alpha value is -17.5. The summed E-state index contributed by atoms with van der Waals surface area (Å²) in [7, 11) is 0. The van der Waals surface area contributed by atoms with E-state index in [2.05, 4.69) is 321 Å². The van der Waals surface area contributed by atoms with Gasteiger partial charge >= 0.3 is 0 Å². The van der Waals surface area contributed by atoms with Gasteiger partial charge in [-0.15, -0.1) is 0 Å². The zero-order valence-corrected chi connectivity index (χ0v) is 76.8.